The topological polar surface area (TPSA) is 40.6 Å². The summed E-state index contributed by atoms with van der Waals surface area (Å²) in [6.45, 7) is 10.4. The third-order valence-electron chi connectivity index (χ3n) is 3.43. The summed E-state index contributed by atoms with van der Waals surface area (Å²) in [4.78, 5) is 27.9. The molecular formula is C14H26N2O2. The minimum absolute atomic E-state index is 0.122. The fourth-order valence-electron chi connectivity index (χ4n) is 2.53. The second-order valence-electron chi connectivity index (χ2n) is 5.37. The predicted molar refractivity (Wildman–Crippen MR) is 72.1 cm³/mol. The number of nitrogens with zero attached hydrogens (tertiary/aromatic N) is 2. The minimum Gasteiger partial charge on any atom is -0.342 e. The molecule has 4 heteroatoms. The number of amides is 2. The van der Waals surface area contributed by atoms with Crippen molar-refractivity contribution in [3.8, 4) is 0 Å². The number of rotatable bonds is 6. The van der Waals surface area contributed by atoms with Gasteiger partial charge in [0.1, 0.15) is 0 Å². The summed E-state index contributed by atoms with van der Waals surface area (Å²) >= 11 is 0. The Balaban J connectivity index is 2.64. The fourth-order valence-corrected chi connectivity index (χ4v) is 2.53. The summed E-state index contributed by atoms with van der Waals surface area (Å²) in [5, 5.41) is 0. The Bertz CT molecular complexity index is 296. The molecule has 1 rings (SSSR count). The first-order chi connectivity index (χ1) is 8.51. The van der Waals surface area contributed by atoms with Crippen molar-refractivity contribution in [1.29, 1.82) is 0 Å². The Labute approximate surface area is 110 Å². The van der Waals surface area contributed by atoms with Gasteiger partial charge in [-0.15, -0.1) is 0 Å². The van der Waals surface area contributed by atoms with Crippen LogP contribution in [0.15, 0.2) is 0 Å². The molecule has 4 nitrogen and oxygen atoms in total. The number of carbonyl (C=O) groups excluding carboxylic acids is 2. The summed E-state index contributed by atoms with van der Waals surface area (Å²) in [6, 6.07) is 0.195. The van der Waals surface area contributed by atoms with Crippen LogP contribution < -0.4 is 0 Å². The number of hydrogen-bond acceptors (Lipinski definition) is 2. The molecule has 1 fully saturated rings. The van der Waals surface area contributed by atoms with Crippen molar-refractivity contribution >= 4 is 11.8 Å². The Morgan fingerprint density at radius 1 is 1.33 bits per heavy atom. The molecule has 2 amide bonds. The van der Waals surface area contributed by atoms with Crippen LogP contribution in [0.3, 0.4) is 0 Å². The van der Waals surface area contributed by atoms with E-state index in [2.05, 4.69) is 13.8 Å². The van der Waals surface area contributed by atoms with Crippen LogP contribution in [0, 0.1) is 5.92 Å². The highest BCUT2D eigenvalue weighted by Gasteiger charge is 2.37. The van der Waals surface area contributed by atoms with Crippen LogP contribution in [0.25, 0.3) is 0 Å². The average Bonchev–Trinajstić information content (AvgIpc) is 2.70. The maximum absolute atomic E-state index is 12.4. The molecule has 1 atom stereocenters. The second-order valence-corrected chi connectivity index (χ2v) is 5.37. The minimum atomic E-state index is -0.127. The Morgan fingerprint density at radius 3 is 2.28 bits per heavy atom. The van der Waals surface area contributed by atoms with E-state index >= 15 is 0 Å². The standard InChI is InChI=1S/C14H26N2O2/c1-5-7-15(8-6-2)14(18)12-9-13(17)16(10-12)11(3)4/h11-12H,5-10H2,1-4H3/t12-/m0/s1. The van der Waals surface area contributed by atoms with E-state index in [1.807, 2.05) is 23.6 Å². The van der Waals surface area contributed by atoms with Gasteiger partial charge in [-0.3, -0.25) is 9.59 Å². The number of hydrogen-bond donors (Lipinski definition) is 0. The molecule has 0 radical (unpaired) electrons. The lowest BCUT2D eigenvalue weighted by molar-refractivity contribution is -0.136. The molecule has 0 unspecified atom stereocenters. The van der Waals surface area contributed by atoms with Gasteiger partial charge < -0.3 is 9.80 Å². The molecule has 0 aliphatic carbocycles. The molecule has 0 N–H and O–H groups in total. The van der Waals surface area contributed by atoms with Crippen LogP contribution in [0.4, 0.5) is 0 Å². The van der Waals surface area contributed by atoms with E-state index in [4.69, 9.17) is 0 Å². The summed E-state index contributed by atoms with van der Waals surface area (Å²) in [7, 11) is 0. The first kappa shape index (κ1) is 15.0. The van der Waals surface area contributed by atoms with Crippen molar-refractivity contribution in [2.24, 2.45) is 5.92 Å². The van der Waals surface area contributed by atoms with Crippen molar-refractivity contribution in [1.82, 2.24) is 9.80 Å². The molecule has 18 heavy (non-hydrogen) atoms. The first-order valence-electron chi connectivity index (χ1n) is 7.09. The lowest BCUT2D eigenvalue weighted by atomic mass is 10.1. The second kappa shape index (κ2) is 6.76. The lowest BCUT2D eigenvalue weighted by Gasteiger charge is -2.25. The highest BCUT2D eigenvalue weighted by Crippen LogP contribution is 2.22. The monoisotopic (exact) mass is 254 g/mol. The Morgan fingerprint density at radius 2 is 1.89 bits per heavy atom. The van der Waals surface area contributed by atoms with Crippen molar-refractivity contribution in [2.45, 2.75) is 53.0 Å². The molecule has 0 aromatic rings. The highest BCUT2D eigenvalue weighted by molar-refractivity contribution is 5.89. The zero-order valence-electron chi connectivity index (χ0n) is 12.1. The number of carbonyl (C=O) groups is 2. The van der Waals surface area contributed by atoms with Crippen LogP contribution in [0.1, 0.15) is 47.0 Å². The van der Waals surface area contributed by atoms with Crippen molar-refractivity contribution < 1.29 is 9.59 Å². The zero-order chi connectivity index (χ0) is 13.7. The molecule has 1 saturated heterocycles. The van der Waals surface area contributed by atoms with Gasteiger partial charge in [0, 0.05) is 32.1 Å². The third kappa shape index (κ3) is 3.47. The van der Waals surface area contributed by atoms with E-state index in [0.29, 0.717) is 13.0 Å². The highest BCUT2D eigenvalue weighted by atomic mass is 16.2. The van der Waals surface area contributed by atoms with Crippen molar-refractivity contribution in [3.05, 3.63) is 0 Å². The van der Waals surface area contributed by atoms with E-state index < -0.39 is 0 Å². The van der Waals surface area contributed by atoms with E-state index in [1.165, 1.54) is 0 Å². The molecule has 1 heterocycles. The van der Waals surface area contributed by atoms with E-state index in [0.717, 1.165) is 25.9 Å². The van der Waals surface area contributed by atoms with Gasteiger partial charge in [-0.1, -0.05) is 13.8 Å². The average molecular weight is 254 g/mol. The van der Waals surface area contributed by atoms with E-state index in [-0.39, 0.29) is 23.8 Å². The number of likely N-dealkylation sites (tertiary alicyclic amines) is 1. The molecule has 1 aliphatic rings. The van der Waals surface area contributed by atoms with Gasteiger partial charge in [0.2, 0.25) is 11.8 Å². The van der Waals surface area contributed by atoms with Gasteiger partial charge >= 0.3 is 0 Å². The van der Waals surface area contributed by atoms with Crippen LogP contribution in [-0.2, 0) is 9.59 Å². The van der Waals surface area contributed by atoms with E-state index in [9.17, 15) is 9.59 Å². The van der Waals surface area contributed by atoms with Crippen LogP contribution >= 0.6 is 0 Å². The van der Waals surface area contributed by atoms with Crippen molar-refractivity contribution in [3.63, 3.8) is 0 Å². The molecule has 0 spiro atoms. The summed E-state index contributed by atoms with van der Waals surface area (Å²) in [6.07, 6.45) is 2.33. The maximum Gasteiger partial charge on any atom is 0.227 e. The third-order valence-corrected chi connectivity index (χ3v) is 3.43. The fraction of sp³-hybridized carbons (Fsp3) is 0.857. The normalized spacial score (nSPS) is 19.7. The largest absolute Gasteiger partial charge is 0.342 e. The molecule has 0 saturated carbocycles. The SMILES string of the molecule is CCCN(CCC)C(=O)[C@H]1CC(=O)N(C(C)C)C1. The smallest absolute Gasteiger partial charge is 0.227 e. The quantitative estimate of drug-likeness (QED) is 0.726. The van der Waals surface area contributed by atoms with Gasteiger partial charge in [-0.25, -0.2) is 0 Å². The van der Waals surface area contributed by atoms with Crippen LogP contribution in [-0.4, -0.2) is 47.3 Å². The van der Waals surface area contributed by atoms with Gasteiger partial charge in [0.25, 0.3) is 0 Å². The maximum atomic E-state index is 12.4. The summed E-state index contributed by atoms with van der Waals surface area (Å²) in [5.41, 5.74) is 0. The van der Waals surface area contributed by atoms with Gasteiger partial charge in [0.05, 0.1) is 5.92 Å². The predicted octanol–water partition coefficient (Wildman–Crippen LogP) is 1.89. The summed E-state index contributed by atoms with van der Waals surface area (Å²) in [5.74, 6) is 0.157. The molecule has 0 aromatic heterocycles. The zero-order valence-corrected chi connectivity index (χ0v) is 12.1. The Kier molecular flexibility index (Phi) is 5.63. The molecular weight excluding hydrogens is 228 g/mol. The van der Waals surface area contributed by atoms with Gasteiger partial charge in [0.15, 0.2) is 0 Å². The molecule has 0 bridgehead atoms. The van der Waals surface area contributed by atoms with Crippen molar-refractivity contribution in [2.75, 3.05) is 19.6 Å². The van der Waals surface area contributed by atoms with Crippen LogP contribution in [0.5, 0.6) is 0 Å². The molecule has 104 valence electrons. The van der Waals surface area contributed by atoms with Gasteiger partial charge in [-0.2, -0.15) is 0 Å². The molecule has 0 aromatic carbocycles. The van der Waals surface area contributed by atoms with Gasteiger partial charge in [-0.05, 0) is 26.7 Å². The molecule has 1 aliphatic heterocycles. The summed E-state index contributed by atoms with van der Waals surface area (Å²) < 4.78 is 0. The lowest BCUT2D eigenvalue weighted by Crippen LogP contribution is -2.39. The Hall–Kier alpha value is -1.06. The van der Waals surface area contributed by atoms with Crippen LogP contribution in [0.2, 0.25) is 0 Å². The van der Waals surface area contributed by atoms with E-state index in [1.54, 1.807) is 0 Å². The first-order valence-corrected chi connectivity index (χ1v) is 7.09.